The van der Waals surface area contributed by atoms with E-state index in [1.54, 1.807) is 19.1 Å². The molecule has 1 aliphatic heterocycles. The van der Waals surface area contributed by atoms with E-state index in [1.807, 2.05) is 0 Å². The van der Waals surface area contributed by atoms with Gasteiger partial charge in [-0.3, -0.25) is 0 Å². The van der Waals surface area contributed by atoms with E-state index in [0.717, 1.165) is 12.1 Å². The van der Waals surface area contributed by atoms with Crippen molar-refractivity contribution in [3.05, 3.63) is 53.2 Å². The van der Waals surface area contributed by atoms with Gasteiger partial charge < -0.3 is 4.74 Å². The van der Waals surface area contributed by atoms with Crippen LogP contribution in [0.3, 0.4) is 0 Å². The predicted molar refractivity (Wildman–Crippen MR) is 63.4 cm³/mol. The van der Waals surface area contributed by atoms with Crippen LogP contribution in [-0.4, -0.2) is 11.0 Å². The number of aromatic nitrogens is 1. The maximum absolute atomic E-state index is 14.0. The molecule has 1 aromatic carbocycles. The van der Waals surface area contributed by atoms with Crippen molar-refractivity contribution in [1.82, 2.24) is 4.98 Å². The fourth-order valence-corrected chi connectivity index (χ4v) is 2.16. The van der Waals surface area contributed by atoms with Gasteiger partial charge in [-0.2, -0.15) is 0 Å². The lowest BCUT2D eigenvalue weighted by Gasteiger charge is -2.20. The molecule has 0 N–H and O–H groups in total. The second kappa shape index (κ2) is 4.12. The van der Waals surface area contributed by atoms with E-state index in [9.17, 15) is 13.6 Å². The monoisotopic (exact) mass is 261 g/mol. The van der Waals surface area contributed by atoms with E-state index in [2.05, 4.69) is 4.98 Å². The fraction of sp³-hybridized carbons (Fsp3) is 0.143. The molecule has 0 saturated heterocycles. The molecule has 96 valence electrons. The van der Waals surface area contributed by atoms with Crippen LogP contribution in [-0.2, 0) is 4.74 Å². The Kier molecular flexibility index (Phi) is 2.55. The standard InChI is InChI=1S/C14H9F2NO2/c1-7-9-5-8(15)6-10(16)13(9)11-3-2-4-12(17-11)14(18)19-7/h2-7H,1H3. The lowest BCUT2D eigenvalue weighted by atomic mass is 9.98. The summed E-state index contributed by atoms with van der Waals surface area (Å²) < 4.78 is 32.5. The van der Waals surface area contributed by atoms with Crippen molar-refractivity contribution < 1.29 is 18.3 Å². The maximum Gasteiger partial charge on any atom is 0.357 e. The lowest BCUT2D eigenvalue weighted by molar-refractivity contribution is 0.0328. The number of cyclic esters (lactones) is 1. The number of nitrogens with zero attached hydrogens (tertiary/aromatic N) is 1. The molecule has 2 heterocycles. The van der Waals surface area contributed by atoms with E-state index in [-0.39, 0.29) is 16.8 Å². The molecule has 1 unspecified atom stereocenters. The Hall–Kier alpha value is -2.30. The summed E-state index contributed by atoms with van der Waals surface area (Å²) in [5, 5.41) is 0. The zero-order chi connectivity index (χ0) is 13.6. The minimum absolute atomic E-state index is 0.110. The number of benzene rings is 1. The summed E-state index contributed by atoms with van der Waals surface area (Å²) >= 11 is 0. The van der Waals surface area contributed by atoms with Gasteiger partial charge >= 0.3 is 5.97 Å². The number of rotatable bonds is 0. The van der Waals surface area contributed by atoms with Gasteiger partial charge in [0.05, 0.1) is 5.69 Å². The van der Waals surface area contributed by atoms with Crippen LogP contribution in [0.2, 0.25) is 0 Å². The third-order valence-electron chi connectivity index (χ3n) is 3.02. The number of ether oxygens (including phenoxy) is 1. The van der Waals surface area contributed by atoms with E-state index in [1.165, 1.54) is 6.07 Å². The molecule has 0 fully saturated rings. The van der Waals surface area contributed by atoms with Crippen LogP contribution >= 0.6 is 0 Å². The Morgan fingerprint density at radius 2 is 1.95 bits per heavy atom. The predicted octanol–water partition coefficient (Wildman–Crippen LogP) is 3.26. The first-order valence-corrected chi connectivity index (χ1v) is 5.73. The highest BCUT2D eigenvalue weighted by Gasteiger charge is 2.25. The fourth-order valence-electron chi connectivity index (χ4n) is 2.16. The van der Waals surface area contributed by atoms with Gasteiger partial charge in [0.15, 0.2) is 0 Å². The minimum atomic E-state index is -0.742. The molecule has 5 heteroatoms. The number of esters is 1. The highest BCUT2D eigenvalue weighted by atomic mass is 19.1. The van der Waals surface area contributed by atoms with Crippen molar-refractivity contribution in [2.45, 2.75) is 13.0 Å². The number of halogens is 2. The van der Waals surface area contributed by atoms with Gasteiger partial charge in [-0.05, 0) is 25.1 Å². The number of carbonyl (C=O) groups excluding carboxylic acids is 1. The van der Waals surface area contributed by atoms with Crippen molar-refractivity contribution in [3.8, 4) is 11.3 Å². The summed E-state index contributed by atoms with van der Waals surface area (Å²) in [5.41, 5.74) is 0.852. The molecule has 2 bridgehead atoms. The Morgan fingerprint density at radius 3 is 2.74 bits per heavy atom. The number of carbonyl (C=O) groups is 1. The highest BCUT2D eigenvalue weighted by Crippen LogP contribution is 2.34. The summed E-state index contributed by atoms with van der Waals surface area (Å²) in [4.78, 5) is 15.8. The Balaban J connectivity index is 2.36. The van der Waals surface area contributed by atoms with Crippen molar-refractivity contribution in [2.75, 3.05) is 0 Å². The first-order valence-electron chi connectivity index (χ1n) is 5.73. The average Bonchev–Trinajstić information content (AvgIpc) is 2.37. The number of hydrogen-bond donors (Lipinski definition) is 0. The van der Waals surface area contributed by atoms with Crippen LogP contribution in [0.15, 0.2) is 30.3 Å². The molecule has 3 rings (SSSR count). The second-order valence-corrected chi connectivity index (χ2v) is 4.31. The van der Waals surface area contributed by atoms with Crippen molar-refractivity contribution in [3.63, 3.8) is 0 Å². The zero-order valence-electron chi connectivity index (χ0n) is 9.98. The molecule has 2 aromatic rings. The second-order valence-electron chi connectivity index (χ2n) is 4.31. The quantitative estimate of drug-likeness (QED) is 0.683. The van der Waals surface area contributed by atoms with Crippen molar-refractivity contribution >= 4 is 5.97 Å². The Labute approximate surface area is 107 Å². The summed E-state index contributed by atoms with van der Waals surface area (Å²) in [7, 11) is 0. The van der Waals surface area contributed by atoms with Gasteiger partial charge in [-0.25, -0.2) is 18.6 Å². The largest absolute Gasteiger partial charge is 0.453 e. The first kappa shape index (κ1) is 11.8. The average molecular weight is 261 g/mol. The molecule has 1 aliphatic rings. The highest BCUT2D eigenvalue weighted by molar-refractivity contribution is 5.89. The molecule has 0 saturated carbocycles. The first-order chi connectivity index (χ1) is 9.06. The molecule has 3 nitrogen and oxygen atoms in total. The molecule has 19 heavy (non-hydrogen) atoms. The van der Waals surface area contributed by atoms with Crippen LogP contribution in [0.25, 0.3) is 11.3 Å². The van der Waals surface area contributed by atoms with Gasteiger partial charge in [0.25, 0.3) is 0 Å². The minimum Gasteiger partial charge on any atom is -0.453 e. The normalized spacial score (nSPS) is 17.2. The molecule has 1 aromatic heterocycles. The van der Waals surface area contributed by atoms with E-state index in [0.29, 0.717) is 5.69 Å². The van der Waals surface area contributed by atoms with Crippen molar-refractivity contribution in [1.29, 1.82) is 0 Å². The van der Waals surface area contributed by atoms with Crippen LogP contribution < -0.4 is 0 Å². The number of hydrogen-bond acceptors (Lipinski definition) is 3. The van der Waals surface area contributed by atoms with E-state index >= 15 is 0 Å². The van der Waals surface area contributed by atoms with Gasteiger partial charge in [-0.15, -0.1) is 0 Å². The van der Waals surface area contributed by atoms with Crippen LogP contribution in [0, 0.1) is 11.6 Å². The van der Waals surface area contributed by atoms with E-state index < -0.39 is 23.7 Å². The molecule has 1 atom stereocenters. The van der Waals surface area contributed by atoms with Gasteiger partial charge in [0.1, 0.15) is 23.4 Å². The Bertz CT molecular complexity index is 685. The van der Waals surface area contributed by atoms with Crippen LogP contribution in [0.1, 0.15) is 29.1 Å². The molecular formula is C14H9F2NO2. The van der Waals surface area contributed by atoms with Gasteiger partial charge in [0.2, 0.25) is 0 Å². The number of fused-ring (bicyclic) bond motifs is 4. The maximum atomic E-state index is 14.0. The van der Waals surface area contributed by atoms with Gasteiger partial charge in [0, 0.05) is 17.2 Å². The smallest absolute Gasteiger partial charge is 0.357 e. The van der Waals surface area contributed by atoms with E-state index in [4.69, 9.17) is 4.74 Å². The molecule has 0 radical (unpaired) electrons. The lowest BCUT2D eigenvalue weighted by Crippen LogP contribution is -2.15. The third-order valence-corrected chi connectivity index (χ3v) is 3.02. The van der Waals surface area contributed by atoms with Crippen LogP contribution in [0.4, 0.5) is 8.78 Å². The molecule has 0 spiro atoms. The third kappa shape index (κ3) is 1.87. The Morgan fingerprint density at radius 1 is 1.21 bits per heavy atom. The van der Waals surface area contributed by atoms with Crippen LogP contribution in [0.5, 0.6) is 0 Å². The summed E-state index contributed by atoms with van der Waals surface area (Å²) in [5.74, 6) is -2.04. The zero-order valence-corrected chi connectivity index (χ0v) is 9.98. The molecule has 0 aliphatic carbocycles. The molecule has 0 amide bonds. The number of pyridine rings is 1. The molecular weight excluding hydrogens is 252 g/mol. The van der Waals surface area contributed by atoms with Gasteiger partial charge in [-0.1, -0.05) is 6.07 Å². The summed E-state index contributed by atoms with van der Waals surface area (Å²) in [6.45, 7) is 1.57. The summed E-state index contributed by atoms with van der Waals surface area (Å²) in [6, 6.07) is 6.61. The SMILES string of the molecule is CC1OC(=O)c2cccc(n2)-c2c(F)cc(F)cc21. The topological polar surface area (TPSA) is 39.2 Å². The van der Waals surface area contributed by atoms with Crippen molar-refractivity contribution in [2.24, 2.45) is 0 Å². The summed E-state index contributed by atoms with van der Waals surface area (Å²) in [6.07, 6.45) is -0.742.